The number of fused-ring (bicyclic) bond motifs is 2. The molecule has 3 spiro atoms. The molecular formula is C57H84O6. The Morgan fingerprint density at radius 3 is 2.29 bits per heavy atom. The van der Waals surface area contributed by atoms with Crippen LogP contribution in [0.3, 0.4) is 0 Å². The van der Waals surface area contributed by atoms with E-state index in [4.69, 9.17) is 9.47 Å². The lowest BCUT2D eigenvalue weighted by Gasteiger charge is -2.82. The summed E-state index contributed by atoms with van der Waals surface area (Å²) in [6.45, 7) is 13.0. The molecule has 1 aliphatic heterocycles. The van der Waals surface area contributed by atoms with E-state index in [2.05, 4.69) is 70.7 Å². The summed E-state index contributed by atoms with van der Waals surface area (Å²) in [5.41, 5.74) is 0.746. The molecule has 0 radical (unpaired) electrons. The highest BCUT2D eigenvalue weighted by Crippen LogP contribution is 2.88. The Morgan fingerprint density at radius 2 is 1.56 bits per heavy atom. The first-order valence-electron chi connectivity index (χ1n) is 26.5. The summed E-state index contributed by atoms with van der Waals surface area (Å²) < 4.78 is 12.5. The molecule has 348 valence electrons. The summed E-state index contributed by atoms with van der Waals surface area (Å²) in [6.07, 6.45) is 24.9. The van der Waals surface area contributed by atoms with Crippen LogP contribution in [0.2, 0.25) is 0 Å². The van der Waals surface area contributed by atoms with Crippen LogP contribution in [0.15, 0.2) is 24.3 Å². The average molecular weight is 865 g/mol. The third kappa shape index (κ3) is 6.18. The highest BCUT2D eigenvalue weighted by Gasteiger charge is 2.85. The lowest BCUT2D eigenvalue weighted by atomic mass is 9.21. The van der Waals surface area contributed by atoms with E-state index in [9.17, 15) is 20.1 Å². The minimum absolute atomic E-state index is 0.00845. The van der Waals surface area contributed by atoms with E-state index >= 15 is 0 Å². The Morgan fingerprint density at radius 1 is 0.825 bits per heavy atom. The van der Waals surface area contributed by atoms with Gasteiger partial charge in [-0.2, -0.15) is 0 Å². The molecule has 8 fully saturated rings. The van der Waals surface area contributed by atoms with Gasteiger partial charge in [-0.25, -0.2) is 0 Å². The van der Waals surface area contributed by atoms with E-state index < -0.39 is 23.3 Å². The number of hydrogen-bond donors (Lipinski definition) is 3. The van der Waals surface area contributed by atoms with Crippen LogP contribution in [0.4, 0.5) is 0 Å². The molecule has 1 aromatic rings. The lowest BCUT2D eigenvalue weighted by Crippen LogP contribution is -2.79. The third-order valence-corrected chi connectivity index (χ3v) is 22.8. The normalized spacial score (nSPS) is 49.8. The summed E-state index contributed by atoms with van der Waals surface area (Å²) in [5, 5.41) is 37.0. The summed E-state index contributed by atoms with van der Waals surface area (Å²) >= 11 is 0. The Balaban J connectivity index is 1.12. The average Bonchev–Trinajstić information content (AvgIpc) is 3.42. The van der Waals surface area contributed by atoms with E-state index in [-0.39, 0.29) is 62.8 Å². The molecule has 8 aliphatic carbocycles. The maximum atomic E-state index is 13.6. The maximum Gasteiger partial charge on any atom is 0.309 e. The number of carboxylic acid groups (broad SMARTS) is 1. The number of aliphatic hydroxyl groups excluding tert-OH is 1. The maximum absolute atomic E-state index is 13.6. The zero-order valence-corrected chi connectivity index (χ0v) is 40.2. The Labute approximate surface area is 381 Å². The van der Waals surface area contributed by atoms with Crippen molar-refractivity contribution in [2.75, 3.05) is 13.7 Å². The fourth-order valence-electron chi connectivity index (χ4n) is 20.1. The number of aliphatic carboxylic acids is 1. The van der Waals surface area contributed by atoms with Crippen molar-refractivity contribution >= 4 is 5.97 Å². The molecule has 1 aromatic carbocycles. The number of benzene rings is 1. The van der Waals surface area contributed by atoms with Gasteiger partial charge in [-0.1, -0.05) is 103 Å². The van der Waals surface area contributed by atoms with Gasteiger partial charge in [0.05, 0.1) is 24.2 Å². The summed E-state index contributed by atoms with van der Waals surface area (Å²) in [4.78, 5) is 13.6. The Hall–Kier alpha value is -1.91. The number of rotatable bonds is 11. The topological polar surface area (TPSA) is 96.2 Å². The molecule has 1 saturated heterocycles. The molecule has 3 N–H and O–H groups in total. The minimum Gasteiger partial charge on any atom is -0.481 e. The van der Waals surface area contributed by atoms with E-state index in [1.807, 2.05) is 0 Å². The second kappa shape index (κ2) is 15.8. The number of carboxylic acids is 1. The SMILES string of the molecule is CCCC1C2(O)CC(O)C3C1(CCC14C#CCC(CCC5CCCCC5)CCC56C(CCC7C5C(C)(CCC7(C)C(=O)O)CCC61C)CC34C)C(Cc1ccc(CCOC)cc1)O2. The van der Waals surface area contributed by atoms with Crippen molar-refractivity contribution in [3.63, 3.8) is 0 Å². The molecule has 16 atom stereocenters. The van der Waals surface area contributed by atoms with Gasteiger partial charge in [-0.3, -0.25) is 4.79 Å². The molecule has 16 unspecified atom stereocenters. The van der Waals surface area contributed by atoms with E-state index in [1.54, 1.807) is 7.11 Å². The van der Waals surface area contributed by atoms with Gasteiger partial charge < -0.3 is 24.8 Å². The van der Waals surface area contributed by atoms with E-state index in [0.717, 1.165) is 95.8 Å². The lowest BCUT2D eigenvalue weighted by molar-refractivity contribution is -0.348. The van der Waals surface area contributed by atoms with Gasteiger partial charge in [-0.15, -0.1) is 5.92 Å². The number of carbonyl (C=O) groups is 1. The first-order chi connectivity index (χ1) is 30.1. The van der Waals surface area contributed by atoms with Gasteiger partial charge in [-0.05, 0) is 166 Å². The highest BCUT2D eigenvalue weighted by molar-refractivity contribution is 5.75. The van der Waals surface area contributed by atoms with Crippen LogP contribution in [0.25, 0.3) is 0 Å². The molecule has 63 heavy (non-hydrogen) atoms. The van der Waals surface area contributed by atoms with Crippen molar-refractivity contribution in [2.24, 2.45) is 79.3 Å². The van der Waals surface area contributed by atoms with Gasteiger partial charge in [0.1, 0.15) is 0 Å². The molecule has 0 amide bonds. The van der Waals surface area contributed by atoms with Crippen molar-refractivity contribution in [2.45, 2.75) is 207 Å². The monoisotopic (exact) mass is 865 g/mol. The number of methoxy groups -OCH3 is 1. The first kappa shape index (κ1) is 44.9. The standard InChI is InChI=1S/C57H84O6/c1-7-12-45-55-33-32-54-26-11-15-39(17-16-38-13-9-8-10-14-38)24-27-56-42(22-23-43-47(56)50(2,29-31-53(54,56)5)28-30-51(43,3)49(59)60)36-52(54,4)48(55)44(58)37-57(45,61)63-46(55)35-41-20-18-40(19-21-41)25-34-62-6/h18-21,38-39,42-48,58,61H,7-10,12-17,22-25,27-37H2,1-6H3,(H,59,60). The number of hydrogen-bond acceptors (Lipinski definition) is 5. The van der Waals surface area contributed by atoms with Crippen LogP contribution in [0, 0.1) is 91.2 Å². The quantitative estimate of drug-likeness (QED) is 0.192. The largest absolute Gasteiger partial charge is 0.481 e. The molecule has 1 heterocycles. The second-order valence-corrected chi connectivity index (χ2v) is 25.0. The predicted molar refractivity (Wildman–Crippen MR) is 248 cm³/mol. The molecule has 0 aromatic heterocycles. The highest BCUT2D eigenvalue weighted by atomic mass is 16.6. The Bertz CT molecular complexity index is 1950. The van der Waals surface area contributed by atoms with Crippen molar-refractivity contribution in [3.05, 3.63) is 35.4 Å². The van der Waals surface area contributed by atoms with Crippen LogP contribution < -0.4 is 0 Å². The van der Waals surface area contributed by atoms with E-state index in [1.165, 1.54) is 68.9 Å². The van der Waals surface area contributed by atoms with Gasteiger partial charge >= 0.3 is 5.97 Å². The second-order valence-electron chi connectivity index (χ2n) is 25.0. The summed E-state index contributed by atoms with van der Waals surface area (Å²) in [7, 11) is 1.76. The Kier molecular flexibility index (Phi) is 11.3. The zero-order valence-electron chi connectivity index (χ0n) is 40.2. The van der Waals surface area contributed by atoms with Crippen molar-refractivity contribution in [1.29, 1.82) is 0 Å². The van der Waals surface area contributed by atoms with Gasteiger partial charge in [0.2, 0.25) is 0 Å². The fourth-order valence-corrected chi connectivity index (χ4v) is 20.1. The molecule has 6 nitrogen and oxygen atoms in total. The van der Waals surface area contributed by atoms with E-state index in [0.29, 0.717) is 24.4 Å². The van der Waals surface area contributed by atoms with Crippen LogP contribution in [-0.4, -0.2) is 53.0 Å². The fraction of sp³-hybridized carbons (Fsp3) is 0.842. The first-order valence-corrected chi connectivity index (χ1v) is 26.5. The predicted octanol–water partition coefficient (Wildman–Crippen LogP) is 12.0. The number of ether oxygens (including phenoxy) is 2. The molecule has 10 rings (SSSR count). The molecular weight excluding hydrogens is 781 g/mol. The summed E-state index contributed by atoms with van der Waals surface area (Å²) in [6, 6.07) is 9.00. The smallest absolute Gasteiger partial charge is 0.309 e. The summed E-state index contributed by atoms with van der Waals surface area (Å²) in [5.74, 6) is 8.92. The van der Waals surface area contributed by atoms with Gasteiger partial charge in [0.15, 0.2) is 5.79 Å². The van der Waals surface area contributed by atoms with Gasteiger partial charge in [0.25, 0.3) is 0 Å². The molecule has 7 saturated carbocycles. The molecule has 4 bridgehead atoms. The van der Waals surface area contributed by atoms with Crippen molar-refractivity contribution in [3.8, 4) is 11.8 Å². The van der Waals surface area contributed by atoms with Gasteiger partial charge in [0, 0.05) is 42.6 Å². The van der Waals surface area contributed by atoms with Crippen LogP contribution >= 0.6 is 0 Å². The third-order valence-electron chi connectivity index (χ3n) is 22.8. The van der Waals surface area contributed by atoms with Crippen molar-refractivity contribution < 1.29 is 29.6 Å². The van der Waals surface area contributed by atoms with Crippen LogP contribution in [0.5, 0.6) is 0 Å². The minimum atomic E-state index is -1.35. The van der Waals surface area contributed by atoms with Crippen LogP contribution in [-0.2, 0) is 27.1 Å². The van der Waals surface area contributed by atoms with Crippen molar-refractivity contribution in [1.82, 2.24) is 0 Å². The zero-order chi connectivity index (χ0) is 44.3. The molecule has 9 aliphatic rings. The molecule has 6 heteroatoms. The van der Waals surface area contributed by atoms with Crippen LogP contribution in [0.1, 0.15) is 187 Å². The number of aliphatic hydroxyl groups is 2.